The lowest BCUT2D eigenvalue weighted by Crippen LogP contribution is -2.44. The van der Waals surface area contributed by atoms with E-state index in [9.17, 15) is 0 Å². The Kier molecular flexibility index (Phi) is 5.94. The predicted octanol–water partition coefficient (Wildman–Crippen LogP) is 2.08. The third-order valence-electron chi connectivity index (χ3n) is 4.47. The molecule has 1 unspecified atom stereocenters. The number of rotatable bonds is 4. The minimum Gasteiger partial charge on any atom is -0.487 e. The van der Waals surface area contributed by atoms with Crippen LogP contribution in [0.2, 0.25) is 0 Å². The zero-order chi connectivity index (χ0) is 16.2. The van der Waals surface area contributed by atoms with E-state index in [1.807, 2.05) is 12.1 Å². The number of fused-ring (bicyclic) bond motifs is 1. The normalized spacial score (nSPS) is 19.4. The summed E-state index contributed by atoms with van der Waals surface area (Å²) in [6, 6.07) is 8.21. The minimum atomic E-state index is 0. The molecule has 1 N–H and O–H groups in total. The lowest BCUT2D eigenvalue weighted by molar-refractivity contribution is 0.107. The maximum atomic E-state index is 6.04. The van der Waals surface area contributed by atoms with Gasteiger partial charge in [0.15, 0.2) is 5.82 Å². The van der Waals surface area contributed by atoms with Gasteiger partial charge in [-0.1, -0.05) is 18.2 Å². The van der Waals surface area contributed by atoms with Gasteiger partial charge in [-0.2, -0.15) is 0 Å². The maximum Gasteiger partial charge on any atom is 0.257 e. The van der Waals surface area contributed by atoms with E-state index in [1.165, 1.54) is 5.56 Å². The molecule has 0 amide bonds. The van der Waals surface area contributed by atoms with Crippen molar-refractivity contribution in [2.75, 3.05) is 37.7 Å². The number of hydrogen-bond donors (Lipinski definition) is 1. The van der Waals surface area contributed by atoms with Crippen molar-refractivity contribution in [3.8, 4) is 11.6 Å². The van der Waals surface area contributed by atoms with Crippen LogP contribution in [0.3, 0.4) is 0 Å². The van der Waals surface area contributed by atoms with Gasteiger partial charge in [0.1, 0.15) is 18.5 Å². The number of nitrogens with one attached hydrogen (secondary N) is 1. The average Bonchev–Trinajstić information content (AvgIpc) is 2.67. The van der Waals surface area contributed by atoms with Crippen LogP contribution in [-0.2, 0) is 6.42 Å². The van der Waals surface area contributed by atoms with Crippen molar-refractivity contribution in [3.63, 3.8) is 0 Å². The minimum absolute atomic E-state index is 0. The van der Waals surface area contributed by atoms with Crippen molar-refractivity contribution in [3.05, 3.63) is 42.2 Å². The Balaban J connectivity index is 0.00000182. The van der Waals surface area contributed by atoms with Crippen LogP contribution in [0.5, 0.6) is 11.6 Å². The van der Waals surface area contributed by atoms with E-state index in [4.69, 9.17) is 9.47 Å². The number of aromatic nitrogens is 2. The van der Waals surface area contributed by atoms with Crippen molar-refractivity contribution < 1.29 is 9.47 Å². The van der Waals surface area contributed by atoms with E-state index in [0.717, 1.165) is 50.6 Å². The first-order valence-corrected chi connectivity index (χ1v) is 8.54. The van der Waals surface area contributed by atoms with Crippen LogP contribution >= 0.6 is 12.4 Å². The van der Waals surface area contributed by atoms with Crippen molar-refractivity contribution in [1.29, 1.82) is 0 Å². The van der Waals surface area contributed by atoms with Gasteiger partial charge in [0.2, 0.25) is 0 Å². The standard InChI is InChI=1S/C18H22N4O2.ClH/c1-2-4-16-14(3-1)5-6-15(24-16)13-23-18-17(20-7-8-21-18)22-11-9-19-10-12-22;/h1-4,7-8,15,19H,5-6,9-13H2;1H. The summed E-state index contributed by atoms with van der Waals surface area (Å²) in [6.45, 7) is 4.24. The molecule has 1 aromatic carbocycles. The highest BCUT2D eigenvalue weighted by atomic mass is 35.5. The number of anilines is 1. The molecule has 25 heavy (non-hydrogen) atoms. The predicted molar refractivity (Wildman–Crippen MR) is 99.0 cm³/mol. The second kappa shape index (κ2) is 8.36. The Bertz CT molecular complexity index is 694. The molecule has 4 rings (SSSR count). The number of nitrogens with zero attached hydrogens (tertiary/aromatic N) is 3. The van der Waals surface area contributed by atoms with Crippen molar-refractivity contribution in [1.82, 2.24) is 15.3 Å². The first-order chi connectivity index (χ1) is 11.9. The molecule has 2 aliphatic rings. The third-order valence-corrected chi connectivity index (χ3v) is 4.47. The van der Waals surface area contributed by atoms with Crippen molar-refractivity contribution >= 4 is 18.2 Å². The van der Waals surface area contributed by atoms with E-state index in [1.54, 1.807) is 12.4 Å². The first-order valence-electron chi connectivity index (χ1n) is 8.54. The quantitative estimate of drug-likeness (QED) is 0.898. The van der Waals surface area contributed by atoms with Crippen LogP contribution in [0.1, 0.15) is 12.0 Å². The number of para-hydroxylation sites is 1. The Morgan fingerprint density at radius 1 is 1.16 bits per heavy atom. The molecular formula is C18H23ClN4O2. The number of hydrogen-bond acceptors (Lipinski definition) is 6. The van der Waals surface area contributed by atoms with E-state index < -0.39 is 0 Å². The highest BCUT2D eigenvalue weighted by Crippen LogP contribution is 2.28. The van der Waals surface area contributed by atoms with Crippen LogP contribution in [0, 0.1) is 0 Å². The van der Waals surface area contributed by atoms with E-state index in [-0.39, 0.29) is 18.5 Å². The molecule has 1 saturated heterocycles. The first kappa shape index (κ1) is 17.8. The summed E-state index contributed by atoms with van der Waals surface area (Å²) in [6.07, 6.45) is 5.43. The smallest absolute Gasteiger partial charge is 0.257 e. The Morgan fingerprint density at radius 3 is 2.84 bits per heavy atom. The summed E-state index contributed by atoms with van der Waals surface area (Å²) in [5, 5.41) is 3.35. The number of halogens is 1. The van der Waals surface area contributed by atoms with Gasteiger partial charge >= 0.3 is 0 Å². The topological polar surface area (TPSA) is 59.5 Å². The molecule has 0 bridgehead atoms. The zero-order valence-electron chi connectivity index (χ0n) is 14.1. The van der Waals surface area contributed by atoms with Gasteiger partial charge in [-0.3, -0.25) is 0 Å². The van der Waals surface area contributed by atoms with Crippen molar-refractivity contribution in [2.45, 2.75) is 18.9 Å². The summed E-state index contributed by atoms with van der Waals surface area (Å²) < 4.78 is 12.0. The second-order valence-electron chi connectivity index (χ2n) is 6.12. The van der Waals surface area contributed by atoms with Gasteiger partial charge in [0.05, 0.1) is 0 Å². The average molecular weight is 363 g/mol. The molecule has 7 heteroatoms. The van der Waals surface area contributed by atoms with Crippen LogP contribution < -0.4 is 19.7 Å². The number of aryl methyl sites for hydroxylation is 1. The molecule has 1 fully saturated rings. The molecule has 2 aliphatic heterocycles. The number of ether oxygens (including phenoxy) is 2. The molecule has 0 spiro atoms. The summed E-state index contributed by atoms with van der Waals surface area (Å²) in [5.74, 6) is 2.40. The van der Waals surface area contributed by atoms with E-state index in [2.05, 4.69) is 32.3 Å². The van der Waals surface area contributed by atoms with Gasteiger partial charge in [-0.05, 0) is 24.5 Å². The van der Waals surface area contributed by atoms with Gasteiger partial charge in [-0.25, -0.2) is 9.97 Å². The Labute approximate surface area is 154 Å². The summed E-state index contributed by atoms with van der Waals surface area (Å²) >= 11 is 0. The lowest BCUT2D eigenvalue weighted by atomic mass is 10.0. The Hall–Kier alpha value is -2.05. The van der Waals surface area contributed by atoms with Crippen LogP contribution in [0.25, 0.3) is 0 Å². The summed E-state index contributed by atoms with van der Waals surface area (Å²) in [7, 11) is 0. The fourth-order valence-electron chi connectivity index (χ4n) is 3.18. The molecule has 1 atom stereocenters. The molecule has 6 nitrogen and oxygen atoms in total. The van der Waals surface area contributed by atoms with E-state index >= 15 is 0 Å². The van der Waals surface area contributed by atoms with Gasteiger partial charge < -0.3 is 19.7 Å². The van der Waals surface area contributed by atoms with Crippen LogP contribution in [0.15, 0.2) is 36.7 Å². The maximum absolute atomic E-state index is 6.04. The second-order valence-corrected chi connectivity index (χ2v) is 6.12. The SMILES string of the molecule is Cl.c1ccc2c(c1)CCC(COc1nccnc1N1CCNCC1)O2. The summed E-state index contributed by atoms with van der Waals surface area (Å²) in [4.78, 5) is 11.1. The monoisotopic (exact) mass is 362 g/mol. The van der Waals surface area contributed by atoms with Gasteiger partial charge in [0.25, 0.3) is 5.88 Å². The van der Waals surface area contributed by atoms with Gasteiger partial charge in [-0.15, -0.1) is 12.4 Å². The summed E-state index contributed by atoms with van der Waals surface area (Å²) in [5.41, 5.74) is 1.27. The fourth-order valence-corrected chi connectivity index (χ4v) is 3.18. The van der Waals surface area contributed by atoms with Crippen LogP contribution in [0.4, 0.5) is 5.82 Å². The Morgan fingerprint density at radius 2 is 1.96 bits per heavy atom. The highest BCUT2D eigenvalue weighted by Gasteiger charge is 2.22. The number of benzene rings is 1. The molecular weight excluding hydrogens is 340 g/mol. The lowest BCUT2D eigenvalue weighted by Gasteiger charge is -2.30. The molecule has 1 aromatic heterocycles. The van der Waals surface area contributed by atoms with Gasteiger partial charge in [0, 0.05) is 38.6 Å². The van der Waals surface area contributed by atoms with Crippen molar-refractivity contribution in [2.24, 2.45) is 0 Å². The largest absolute Gasteiger partial charge is 0.487 e. The zero-order valence-corrected chi connectivity index (χ0v) is 14.9. The van der Waals surface area contributed by atoms with E-state index in [0.29, 0.717) is 12.5 Å². The molecule has 3 heterocycles. The fraction of sp³-hybridized carbons (Fsp3) is 0.444. The molecule has 0 radical (unpaired) electrons. The molecule has 0 aliphatic carbocycles. The third kappa shape index (κ3) is 4.14. The highest BCUT2D eigenvalue weighted by molar-refractivity contribution is 5.85. The molecule has 134 valence electrons. The number of piperazine rings is 1. The molecule has 0 saturated carbocycles. The van der Waals surface area contributed by atoms with Crippen LogP contribution in [-0.4, -0.2) is 48.9 Å². The molecule has 2 aromatic rings.